The number of rotatable bonds is 2. The van der Waals surface area contributed by atoms with Crippen molar-refractivity contribution in [3.05, 3.63) is 24.3 Å². The number of anilines is 1. The molecule has 1 aliphatic carbocycles. The molecule has 2 unspecified atom stereocenters. The Hall–Kier alpha value is -1.51. The number of nitrogens with zero attached hydrogens (tertiary/aromatic N) is 1. The van der Waals surface area contributed by atoms with Crippen LogP contribution in [0.4, 0.5) is 5.95 Å². The summed E-state index contributed by atoms with van der Waals surface area (Å²) in [5, 5.41) is 3.51. The molecule has 0 radical (unpaired) electrons. The lowest BCUT2D eigenvalue weighted by Crippen LogP contribution is -2.22. The summed E-state index contributed by atoms with van der Waals surface area (Å²) in [6.07, 6.45) is 3.93. The van der Waals surface area contributed by atoms with Crippen molar-refractivity contribution in [2.45, 2.75) is 32.2 Å². The summed E-state index contributed by atoms with van der Waals surface area (Å²) in [6.45, 7) is 2.31. The van der Waals surface area contributed by atoms with Gasteiger partial charge in [0.1, 0.15) is 0 Å². The lowest BCUT2D eigenvalue weighted by atomic mass is 10.1. The third kappa shape index (κ3) is 1.66. The molecule has 0 spiro atoms. The van der Waals surface area contributed by atoms with Gasteiger partial charge in [-0.25, -0.2) is 4.98 Å². The van der Waals surface area contributed by atoms with E-state index in [9.17, 15) is 0 Å². The molecule has 84 valence electrons. The number of fused-ring (bicyclic) bond motifs is 1. The number of benzene rings is 1. The fourth-order valence-electron chi connectivity index (χ4n) is 2.56. The molecule has 2 atom stereocenters. The van der Waals surface area contributed by atoms with Crippen LogP contribution in [0.2, 0.25) is 0 Å². The van der Waals surface area contributed by atoms with Crippen LogP contribution in [0.15, 0.2) is 24.3 Å². The van der Waals surface area contributed by atoms with Crippen LogP contribution in [0.5, 0.6) is 0 Å². The van der Waals surface area contributed by atoms with Crippen LogP contribution in [-0.4, -0.2) is 16.0 Å². The number of hydrogen-bond acceptors (Lipinski definition) is 2. The topological polar surface area (TPSA) is 40.7 Å². The zero-order valence-corrected chi connectivity index (χ0v) is 9.53. The Morgan fingerprint density at radius 3 is 2.94 bits per heavy atom. The number of nitrogens with one attached hydrogen (secondary N) is 2. The number of hydrogen-bond donors (Lipinski definition) is 2. The average molecular weight is 215 g/mol. The van der Waals surface area contributed by atoms with Gasteiger partial charge in [-0.05, 0) is 30.9 Å². The molecule has 1 heterocycles. The molecular weight excluding hydrogens is 198 g/mol. The van der Waals surface area contributed by atoms with Crippen molar-refractivity contribution in [3.63, 3.8) is 0 Å². The molecule has 3 nitrogen and oxygen atoms in total. The van der Waals surface area contributed by atoms with Crippen molar-refractivity contribution in [2.24, 2.45) is 5.92 Å². The van der Waals surface area contributed by atoms with E-state index in [0.29, 0.717) is 6.04 Å². The van der Waals surface area contributed by atoms with Crippen molar-refractivity contribution in [1.82, 2.24) is 9.97 Å². The molecule has 1 aromatic heterocycles. The summed E-state index contributed by atoms with van der Waals surface area (Å²) in [5.74, 6) is 1.67. The van der Waals surface area contributed by atoms with Crippen molar-refractivity contribution < 1.29 is 0 Å². The van der Waals surface area contributed by atoms with Crippen LogP contribution in [0.3, 0.4) is 0 Å². The zero-order chi connectivity index (χ0) is 11.0. The van der Waals surface area contributed by atoms with E-state index in [-0.39, 0.29) is 0 Å². The highest BCUT2D eigenvalue weighted by Crippen LogP contribution is 2.27. The minimum absolute atomic E-state index is 0.584. The predicted molar refractivity (Wildman–Crippen MR) is 66.5 cm³/mol. The first-order valence-electron chi connectivity index (χ1n) is 6.04. The SMILES string of the molecule is CC1CCCC1Nc1nc2ccccc2[nH]1. The minimum Gasteiger partial charge on any atom is -0.353 e. The Morgan fingerprint density at radius 2 is 2.19 bits per heavy atom. The molecule has 2 N–H and O–H groups in total. The van der Waals surface area contributed by atoms with E-state index in [1.165, 1.54) is 19.3 Å². The van der Waals surface area contributed by atoms with Crippen LogP contribution in [-0.2, 0) is 0 Å². The van der Waals surface area contributed by atoms with Gasteiger partial charge in [-0.2, -0.15) is 0 Å². The first-order chi connectivity index (χ1) is 7.83. The lowest BCUT2D eigenvalue weighted by Gasteiger charge is -2.16. The van der Waals surface area contributed by atoms with Gasteiger partial charge in [-0.1, -0.05) is 25.5 Å². The van der Waals surface area contributed by atoms with Crippen molar-refractivity contribution in [3.8, 4) is 0 Å². The molecule has 3 heteroatoms. The number of para-hydroxylation sites is 2. The number of H-pyrrole nitrogens is 1. The highest BCUT2D eigenvalue weighted by Gasteiger charge is 2.23. The number of imidazole rings is 1. The molecule has 0 saturated heterocycles. The van der Waals surface area contributed by atoms with E-state index >= 15 is 0 Å². The normalized spacial score (nSPS) is 25.1. The summed E-state index contributed by atoms with van der Waals surface area (Å²) >= 11 is 0. The van der Waals surface area contributed by atoms with E-state index in [1.807, 2.05) is 18.2 Å². The van der Waals surface area contributed by atoms with E-state index in [1.54, 1.807) is 0 Å². The summed E-state index contributed by atoms with van der Waals surface area (Å²) < 4.78 is 0. The van der Waals surface area contributed by atoms with E-state index in [0.717, 1.165) is 22.9 Å². The molecular formula is C13H17N3. The maximum Gasteiger partial charge on any atom is 0.201 e. The Balaban J connectivity index is 1.83. The predicted octanol–water partition coefficient (Wildman–Crippen LogP) is 3.16. The Morgan fingerprint density at radius 1 is 1.31 bits per heavy atom. The standard InChI is InChI=1S/C13H17N3/c1-9-5-4-8-10(9)14-13-15-11-6-2-3-7-12(11)16-13/h2-3,6-7,9-10H,4-5,8H2,1H3,(H2,14,15,16). The van der Waals surface area contributed by atoms with Gasteiger partial charge >= 0.3 is 0 Å². The van der Waals surface area contributed by atoms with Gasteiger partial charge in [0, 0.05) is 6.04 Å². The monoisotopic (exact) mass is 215 g/mol. The smallest absolute Gasteiger partial charge is 0.201 e. The van der Waals surface area contributed by atoms with Crippen molar-refractivity contribution >= 4 is 17.0 Å². The minimum atomic E-state index is 0.584. The Labute approximate surface area is 95.3 Å². The second-order valence-corrected chi connectivity index (χ2v) is 4.76. The molecule has 0 bridgehead atoms. The Bertz CT molecular complexity index is 456. The molecule has 1 saturated carbocycles. The molecule has 1 fully saturated rings. The molecule has 1 aliphatic rings. The molecule has 16 heavy (non-hydrogen) atoms. The fourth-order valence-corrected chi connectivity index (χ4v) is 2.56. The van der Waals surface area contributed by atoms with Crippen LogP contribution < -0.4 is 5.32 Å². The molecule has 0 aliphatic heterocycles. The maximum atomic E-state index is 4.54. The first kappa shape index (κ1) is 9.70. The van der Waals surface area contributed by atoms with E-state index < -0.39 is 0 Å². The van der Waals surface area contributed by atoms with Crippen LogP contribution in [0, 0.1) is 5.92 Å². The van der Waals surface area contributed by atoms with Crippen molar-refractivity contribution in [1.29, 1.82) is 0 Å². The van der Waals surface area contributed by atoms with Gasteiger partial charge in [0.15, 0.2) is 0 Å². The van der Waals surface area contributed by atoms with Crippen LogP contribution in [0.25, 0.3) is 11.0 Å². The van der Waals surface area contributed by atoms with Crippen LogP contribution >= 0.6 is 0 Å². The van der Waals surface area contributed by atoms with Gasteiger partial charge < -0.3 is 10.3 Å². The summed E-state index contributed by atoms with van der Waals surface area (Å²) in [4.78, 5) is 7.86. The lowest BCUT2D eigenvalue weighted by molar-refractivity contribution is 0.554. The van der Waals surface area contributed by atoms with E-state index in [2.05, 4.69) is 28.3 Å². The quantitative estimate of drug-likeness (QED) is 0.807. The summed E-state index contributed by atoms with van der Waals surface area (Å²) in [6, 6.07) is 8.73. The van der Waals surface area contributed by atoms with Gasteiger partial charge in [0.2, 0.25) is 5.95 Å². The first-order valence-corrected chi connectivity index (χ1v) is 6.04. The molecule has 0 amide bonds. The zero-order valence-electron chi connectivity index (χ0n) is 9.53. The molecule has 1 aromatic carbocycles. The summed E-state index contributed by atoms with van der Waals surface area (Å²) in [5.41, 5.74) is 2.14. The highest BCUT2D eigenvalue weighted by molar-refractivity contribution is 5.77. The Kier molecular flexibility index (Phi) is 2.31. The van der Waals surface area contributed by atoms with Gasteiger partial charge in [0.05, 0.1) is 11.0 Å². The molecule has 3 rings (SSSR count). The number of aromatic nitrogens is 2. The fraction of sp³-hybridized carbons (Fsp3) is 0.462. The van der Waals surface area contributed by atoms with Gasteiger partial charge in [-0.15, -0.1) is 0 Å². The third-order valence-corrected chi connectivity index (χ3v) is 3.57. The second-order valence-electron chi connectivity index (χ2n) is 4.76. The largest absolute Gasteiger partial charge is 0.353 e. The number of aromatic amines is 1. The molecule has 2 aromatic rings. The second kappa shape index (κ2) is 3.81. The van der Waals surface area contributed by atoms with Gasteiger partial charge in [-0.3, -0.25) is 0 Å². The third-order valence-electron chi connectivity index (χ3n) is 3.57. The van der Waals surface area contributed by atoms with E-state index in [4.69, 9.17) is 0 Å². The van der Waals surface area contributed by atoms with Crippen molar-refractivity contribution in [2.75, 3.05) is 5.32 Å². The van der Waals surface area contributed by atoms with Gasteiger partial charge in [0.25, 0.3) is 0 Å². The van der Waals surface area contributed by atoms with Crippen LogP contribution in [0.1, 0.15) is 26.2 Å². The highest BCUT2D eigenvalue weighted by atomic mass is 15.1. The maximum absolute atomic E-state index is 4.54. The summed E-state index contributed by atoms with van der Waals surface area (Å²) in [7, 11) is 0. The average Bonchev–Trinajstić information content (AvgIpc) is 2.85.